The van der Waals surface area contributed by atoms with Gasteiger partial charge in [-0.25, -0.2) is 0 Å². The van der Waals surface area contributed by atoms with E-state index in [1.54, 1.807) is 12.4 Å². The highest BCUT2D eigenvalue weighted by molar-refractivity contribution is 9.10. The summed E-state index contributed by atoms with van der Waals surface area (Å²) in [4.78, 5) is 3.94. The van der Waals surface area contributed by atoms with Crippen molar-refractivity contribution in [2.24, 2.45) is 0 Å². The van der Waals surface area contributed by atoms with Crippen LogP contribution < -0.4 is 4.74 Å². The average molecular weight is 313 g/mol. The second kappa shape index (κ2) is 5.52. The predicted octanol–water partition coefficient (Wildman–Crippen LogP) is 4.38. The standard InChI is InChI=1S/C13H11BrClNO/c1-9-6-11(14)2-3-13(9)17-8-10-4-5-16-7-12(10)15/h2-7H,8H2,1H3. The second-order valence-electron chi connectivity index (χ2n) is 3.67. The molecule has 0 aliphatic rings. The smallest absolute Gasteiger partial charge is 0.122 e. The molecule has 0 saturated carbocycles. The third kappa shape index (κ3) is 3.20. The molecule has 0 saturated heterocycles. The van der Waals surface area contributed by atoms with Gasteiger partial charge in [-0.3, -0.25) is 4.98 Å². The van der Waals surface area contributed by atoms with Crippen molar-refractivity contribution < 1.29 is 4.74 Å². The zero-order chi connectivity index (χ0) is 12.3. The van der Waals surface area contributed by atoms with Crippen LogP contribution in [0.15, 0.2) is 41.1 Å². The first-order valence-corrected chi connectivity index (χ1v) is 6.31. The van der Waals surface area contributed by atoms with Gasteiger partial charge in [-0.2, -0.15) is 0 Å². The minimum absolute atomic E-state index is 0.448. The lowest BCUT2D eigenvalue weighted by molar-refractivity contribution is 0.304. The lowest BCUT2D eigenvalue weighted by atomic mass is 10.2. The van der Waals surface area contributed by atoms with Crippen molar-refractivity contribution >= 4 is 27.5 Å². The third-order valence-corrected chi connectivity index (χ3v) is 3.21. The topological polar surface area (TPSA) is 22.1 Å². The van der Waals surface area contributed by atoms with E-state index in [9.17, 15) is 0 Å². The van der Waals surface area contributed by atoms with Crippen molar-refractivity contribution in [3.8, 4) is 5.75 Å². The summed E-state index contributed by atoms with van der Waals surface area (Å²) in [6.45, 7) is 2.46. The summed E-state index contributed by atoms with van der Waals surface area (Å²) in [5.41, 5.74) is 2.02. The maximum Gasteiger partial charge on any atom is 0.122 e. The number of hydrogen-bond acceptors (Lipinski definition) is 2. The van der Waals surface area contributed by atoms with E-state index >= 15 is 0 Å². The highest BCUT2D eigenvalue weighted by atomic mass is 79.9. The van der Waals surface area contributed by atoms with Crippen molar-refractivity contribution in [2.75, 3.05) is 0 Å². The van der Waals surface area contributed by atoms with Gasteiger partial charge in [-0.15, -0.1) is 0 Å². The molecule has 17 heavy (non-hydrogen) atoms. The number of halogens is 2. The highest BCUT2D eigenvalue weighted by Crippen LogP contribution is 2.24. The van der Waals surface area contributed by atoms with Crippen LogP contribution in [0.25, 0.3) is 0 Å². The molecule has 0 atom stereocenters. The first-order chi connectivity index (χ1) is 8.16. The van der Waals surface area contributed by atoms with E-state index in [1.165, 1.54) is 0 Å². The van der Waals surface area contributed by atoms with E-state index in [-0.39, 0.29) is 0 Å². The van der Waals surface area contributed by atoms with Gasteiger partial charge < -0.3 is 4.74 Å². The van der Waals surface area contributed by atoms with E-state index < -0.39 is 0 Å². The molecule has 0 aliphatic heterocycles. The Hall–Kier alpha value is -1.06. The Kier molecular flexibility index (Phi) is 4.02. The molecule has 0 fully saturated rings. The SMILES string of the molecule is Cc1cc(Br)ccc1OCc1ccncc1Cl. The van der Waals surface area contributed by atoms with Gasteiger partial charge in [0.05, 0.1) is 5.02 Å². The number of aryl methyl sites for hydroxylation is 1. The van der Waals surface area contributed by atoms with Crippen LogP contribution in [0.2, 0.25) is 5.02 Å². The van der Waals surface area contributed by atoms with Gasteiger partial charge >= 0.3 is 0 Å². The molecule has 0 aliphatic carbocycles. The Labute approximate surface area is 114 Å². The Morgan fingerprint density at radius 1 is 1.35 bits per heavy atom. The summed E-state index contributed by atoms with van der Waals surface area (Å²) in [5.74, 6) is 0.862. The number of hydrogen-bond donors (Lipinski definition) is 0. The summed E-state index contributed by atoms with van der Waals surface area (Å²) in [6, 6.07) is 7.77. The predicted molar refractivity (Wildman–Crippen MR) is 72.5 cm³/mol. The number of aromatic nitrogens is 1. The van der Waals surface area contributed by atoms with Crippen LogP contribution in [-0.4, -0.2) is 4.98 Å². The molecule has 0 amide bonds. The van der Waals surface area contributed by atoms with Crippen LogP contribution >= 0.6 is 27.5 Å². The monoisotopic (exact) mass is 311 g/mol. The molecule has 1 aromatic carbocycles. The van der Waals surface area contributed by atoms with Gasteiger partial charge in [0.1, 0.15) is 12.4 Å². The number of benzene rings is 1. The quantitative estimate of drug-likeness (QED) is 0.839. The maximum atomic E-state index is 6.01. The molecule has 0 radical (unpaired) electrons. The molecule has 88 valence electrons. The maximum absolute atomic E-state index is 6.01. The Balaban J connectivity index is 2.10. The van der Waals surface area contributed by atoms with Gasteiger partial charge in [0.25, 0.3) is 0 Å². The van der Waals surface area contributed by atoms with E-state index in [2.05, 4.69) is 20.9 Å². The van der Waals surface area contributed by atoms with Crippen molar-refractivity contribution in [3.05, 3.63) is 57.3 Å². The van der Waals surface area contributed by atoms with Gasteiger partial charge in [-0.1, -0.05) is 27.5 Å². The summed E-state index contributed by atoms with van der Waals surface area (Å²) in [6.07, 6.45) is 3.33. The fourth-order valence-electron chi connectivity index (χ4n) is 1.45. The summed E-state index contributed by atoms with van der Waals surface area (Å²) >= 11 is 9.42. The fourth-order valence-corrected chi connectivity index (χ4v) is 2.10. The van der Waals surface area contributed by atoms with E-state index in [0.29, 0.717) is 11.6 Å². The molecule has 2 aromatic rings. The number of nitrogens with zero attached hydrogens (tertiary/aromatic N) is 1. The Morgan fingerprint density at radius 3 is 2.88 bits per heavy atom. The van der Waals surface area contributed by atoms with Gasteiger partial charge in [0.2, 0.25) is 0 Å². The van der Waals surface area contributed by atoms with E-state index in [4.69, 9.17) is 16.3 Å². The van der Waals surface area contributed by atoms with Crippen molar-refractivity contribution in [3.63, 3.8) is 0 Å². The van der Waals surface area contributed by atoms with E-state index in [0.717, 1.165) is 21.3 Å². The first-order valence-electron chi connectivity index (χ1n) is 5.14. The van der Waals surface area contributed by atoms with Crippen LogP contribution in [0.5, 0.6) is 5.75 Å². The molecule has 2 rings (SSSR count). The molecule has 0 unspecified atom stereocenters. The minimum atomic E-state index is 0.448. The molecule has 0 N–H and O–H groups in total. The number of rotatable bonds is 3. The third-order valence-electron chi connectivity index (χ3n) is 2.38. The normalized spacial score (nSPS) is 10.3. The molecule has 1 aromatic heterocycles. The molecule has 1 heterocycles. The lowest BCUT2D eigenvalue weighted by Gasteiger charge is -2.10. The number of ether oxygens (including phenoxy) is 1. The molecule has 0 spiro atoms. The molecular formula is C13H11BrClNO. The van der Waals surface area contributed by atoms with Crippen LogP contribution in [0.3, 0.4) is 0 Å². The largest absolute Gasteiger partial charge is 0.489 e. The zero-order valence-corrected chi connectivity index (χ0v) is 11.6. The molecule has 2 nitrogen and oxygen atoms in total. The van der Waals surface area contributed by atoms with Crippen molar-refractivity contribution in [1.29, 1.82) is 0 Å². The number of pyridine rings is 1. The van der Waals surface area contributed by atoms with Crippen LogP contribution in [0.1, 0.15) is 11.1 Å². The van der Waals surface area contributed by atoms with Crippen LogP contribution in [0.4, 0.5) is 0 Å². The summed E-state index contributed by atoms with van der Waals surface area (Å²) < 4.78 is 6.77. The van der Waals surface area contributed by atoms with Crippen LogP contribution in [-0.2, 0) is 6.61 Å². The molecule has 4 heteroatoms. The first kappa shape index (κ1) is 12.4. The minimum Gasteiger partial charge on any atom is -0.489 e. The van der Waals surface area contributed by atoms with Gasteiger partial charge in [0, 0.05) is 22.4 Å². The van der Waals surface area contributed by atoms with Crippen molar-refractivity contribution in [2.45, 2.75) is 13.5 Å². The summed E-state index contributed by atoms with van der Waals surface area (Å²) in [5, 5.41) is 0.627. The molecular weight excluding hydrogens is 302 g/mol. The highest BCUT2D eigenvalue weighted by Gasteiger charge is 2.03. The van der Waals surface area contributed by atoms with Crippen LogP contribution in [0, 0.1) is 6.92 Å². The average Bonchev–Trinajstić information content (AvgIpc) is 2.30. The summed E-state index contributed by atoms with van der Waals surface area (Å²) in [7, 11) is 0. The van der Waals surface area contributed by atoms with Gasteiger partial charge in [-0.05, 0) is 36.8 Å². The second-order valence-corrected chi connectivity index (χ2v) is 4.99. The fraction of sp³-hybridized carbons (Fsp3) is 0.154. The van der Waals surface area contributed by atoms with Crippen molar-refractivity contribution in [1.82, 2.24) is 4.98 Å². The zero-order valence-electron chi connectivity index (χ0n) is 9.28. The van der Waals surface area contributed by atoms with E-state index in [1.807, 2.05) is 31.2 Å². The van der Waals surface area contributed by atoms with Gasteiger partial charge in [0.15, 0.2) is 0 Å². The molecule has 0 bridgehead atoms. The Bertz CT molecular complexity index is 531. The lowest BCUT2D eigenvalue weighted by Crippen LogP contribution is -1.98. The Morgan fingerprint density at radius 2 is 2.18 bits per heavy atom.